The summed E-state index contributed by atoms with van der Waals surface area (Å²) in [6.07, 6.45) is -1.91. The van der Waals surface area contributed by atoms with Crippen LogP contribution in [-0.4, -0.2) is 0 Å². The van der Waals surface area contributed by atoms with Crippen molar-refractivity contribution in [3.8, 4) is 22.4 Å². The Bertz CT molecular complexity index is 1850. The van der Waals surface area contributed by atoms with Gasteiger partial charge in [0.2, 0.25) is 5.69 Å². The molecule has 2 nitrogen and oxygen atoms in total. The third kappa shape index (κ3) is 3.12. The summed E-state index contributed by atoms with van der Waals surface area (Å²) in [6.45, 7) is 2.74. The first-order chi connectivity index (χ1) is 18.6. The van der Waals surface area contributed by atoms with E-state index in [2.05, 4.69) is 0 Å². The number of furan rings is 1. The maximum Gasteiger partial charge on any atom is 0.216 e. The van der Waals surface area contributed by atoms with Gasteiger partial charge in [-0.3, -0.25) is 0 Å². The molecule has 0 saturated carbocycles. The highest BCUT2D eigenvalue weighted by Gasteiger charge is 2.29. The van der Waals surface area contributed by atoms with Crippen LogP contribution in [0.25, 0.3) is 44.3 Å². The van der Waals surface area contributed by atoms with Gasteiger partial charge in [0, 0.05) is 38.1 Å². The SMILES string of the molecule is [2H]C([2H])([2H])c1ccc2c(oc3c(-c4cccc[n+]4C)c(C)ccc32)c1-c1ccc2c(c1)C([2H])([2H])C(C)(C)C2([2H])[2H]. The van der Waals surface area contributed by atoms with Crippen LogP contribution in [0, 0.1) is 19.2 Å². The standard InChI is InChI=1S/C31H30NO/c1-19-9-13-24-25-14-10-20(2)28(26-8-6-7-15-32(26)5)30(25)33-29(24)27(19)21-11-12-22-17-31(3,4)18-23(22)16-21/h6-16H,17-18H2,1-5H3/q+1/i1D3,17D2,18D2. The van der Waals surface area contributed by atoms with E-state index in [4.69, 9.17) is 14.0 Å². The smallest absolute Gasteiger partial charge is 0.216 e. The zero-order chi connectivity index (χ0) is 29.0. The lowest BCUT2D eigenvalue weighted by atomic mass is 9.90. The van der Waals surface area contributed by atoms with Gasteiger partial charge in [-0.25, -0.2) is 4.57 Å². The zero-order valence-electron chi connectivity index (χ0n) is 26.2. The Morgan fingerprint density at radius 1 is 0.879 bits per heavy atom. The minimum atomic E-state index is -2.46. The molecule has 0 spiro atoms. The van der Waals surface area contributed by atoms with E-state index in [0.29, 0.717) is 22.3 Å². The lowest BCUT2D eigenvalue weighted by Crippen LogP contribution is -2.30. The molecular formula is C31H30NO+. The first kappa shape index (κ1) is 14.0. The number of hydrogen-bond acceptors (Lipinski definition) is 1. The maximum absolute atomic E-state index is 8.87. The number of aromatic nitrogens is 1. The number of benzene rings is 3. The van der Waals surface area contributed by atoms with E-state index in [1.54, 1.807) is 44.2 Å². The molecule has 3 aromatic carbocycles. The summed E-state index contributed by atoms with van der Waals surface area (Å²) in [5, 5.41) is 1.61. The van der Waals surface area contributed by atoms with Crippen LogP contribution in [0.5, 0.6) is 0 Å². The lowest BCUT2D eigenvalue weighted by Gasteiger charge is -2.14. The molecule has 0 atom stereocenters. The van der Waals surface area contributed by atoms with Crippen molar-refractivity contribution in [1.82, 2.24) is 0 Å². The predicted octanol–water partition coefficient (Wildman–Crippen LogP) is 7.49. The molecule has 2 heteroatoms. The highest BCUT2D eigenvalue weighted by molar-refractivity contribution is 6.13. The zero-order valence-corrected chi connectivity index (χ0v) is 19.2. The van der Waals surface area contributed by atoms with Gasteiger partial charge in [-0.05, 0) is 65.8 Å². The van der Waals surface area contributed by atoms with Crippen LogP contribution in [0.3, 0.4) is 0 Å². The molecular weight excluding hydrogens is 402 g/mol. The molecule has 0 unspecified atom stereocenters. The van der Waals surface area contributed by atoms with Crippen molar-refractivity contribution in [3.63, 3.8) is 0 Å². The van der Waals surface area contributed by atoms with Crippen LogP contribution in [0.2, 0.25) is 0 Å². The summed E-state index contributed by atoms with van der Waals surface area (Å²) in [4.78, 5) is 0. The predicted molar refractivity (Wildman–Crippen MR) is 136 cm³/mol. The third-order valence-corrected chi connectivity index (χ3v) is 6.53. The van der Waals surface area contributed by atoms with Crippen molar-refractivity contribution in [2.24, 2.45) is 12.5 Å². The normalized spacial score (nSPS) is 21.4. The first-order valence-electron chi connectivity index (χ1n) is 14.7. The summed E-state index contributed by atoms with van der Waals surface area (Å²) in [5.74, 6) is 0. The second kappa shape index (κ2) is 7.05. The molecule has 0 amide bonds. The largest absolute Gasteiger partial charge is 0.454 e. The van der Waals surface area contributed by atoms with Crippen LogP contribution >= 0.6 is 0 Å². The summed E-state index contributed by atoms with van der Waals surface area (Å²) < 4.78 is 68.8. The Morgan fingerprint density at radius 2 is 1.61 bits per heavy atom. The van der Waals surface area contributed by atoms with Crippen molar-refractivity contribution >= 4 is 21.9 Å². The average Bonchev–Trinajstić information content (AvgIpc) is 3.30. The lowest BCUT2D eigenvalue weighted by molar-refractivity contribution is -0.660. The van der Waals surface area contributed by atoms with Crippen LogP contribution in [-0.2, 0) is 19.8 Å². The van der Waals surface area contributed by atoms with Gasteiger partial charge in [0.1, 0.15) is 18.2 Å². The van der Waals surface area contributed by atoms with Gasteiger partial charge in [-0.15, -0.1) is 0 Å². The van der Waals surface area contributed by atoms with Crippen LogP contribution in [0.1, 0.15) is 45.7 Å². The van der Waals surface area contributed by atoms with Crippen molar-refractivity contribution in [2.75, 3.05) is 0 Å². The highest BCUT2D eigenvalue weighted by Crippen LogP contribution is 2.43. The Balaban J connectivity index is 1.71. The molecule has 0 fully saturated rings. The number of nitrogens with zero attached hydrogens (tertiary/aromatic N) is 1. The molecule has 1 aliphatic carbocycles. The van der Waals surface area contributed by atoms with E-state index in [9.17, 15) is 0 Å². The minimum absolute atomic E-state index is 0.100. The molecule has 1 aliphatic rings. The summed E-state index contributed by atoms with van der Waals surface area (Å²) >= 11 is 0. The van der Waals surface area contributed by atoms with Gasteiger partial charge in [0.25, 0.3) is 0 Å². The monoisotopic (exact) mass is 439 g/mol. The van der Waals surface area contributed by atoms with E-state index in [1.165, 1.54) is 0 Å². The van der Waals surface area contributed by atoms with Gasteiger partial charge in [-0.2, -0.15) is 0 Å². The summed E-state index contributed by atoms with van der Waals surface area (Å²) in [6, 6.07) is 18.2. The first-order valence-corrected chi connectivity index (χ1v) is 11.2. The van der Waals surface area contributed by atoms with Crippen LogP contribution in [0.15, 0.2) is 71.3 Å². The quantitative estimate of drug-likeness (QED) is 0.260. The number of rotatable bonds is 2. The molecule has 2 aromatic heterocycles. The third-order valence-electron chi connectivity index (χ3n) is 6.53. The van der Waals surface area contributed by atoms with Gasteiger partial charge in [0.05, 0.1) is 5.56 Å². The van der Waals surface area contributed by atoms with Crippen molar-refractivity contribution in [1.29, 1.82) is 0 Å². The fraction of sp³-hybridized carbons (Fsp3) is 0.258. The Labute approximate surface area is 205 Å². The van der Waals surface area contributed by atoms with Crippen molar-refractivity contribution in [2.45, 2.75) is 40.4 Å². The second-order valence-corrected chi connectivity index (χ2v) is 9.43. The minimum Gasteiger partial charge on any atom is -0.454 e. The van der Waals surface area contributed by atoms with Gasteiger partial charge in [-0.1, -0.05) is 56.3 Å². The van der Waals surface area contributed by atoms with E-state index < -0.39 is 25.0 Å². The number of hydrogen-bond donors (Lipinski definition) is 0. The molecule has 0 N–H and O–H groups in total. The second-order valence-electron chi connectivity index (χ2n) is 9.43. The van der Waals surface area contributed by atoms with Gasteiger partial charge >= 0.3 is 0 Å². The molecule has 0 saturated heterocycles. The molecule has 5 aromatic rings. The molecule has 6 rings (SSSR count). The van der Waals surface area contributed by atoms with Crippen LogP contribution < -0.4 is 4.57 Å². The van der Waals surface area contributed by atoms with E-state index >= 15 is 0 Å². The molecule has 0 radical (unpaired) electrons. The molecule has 2 heterocycles. The maximum atomic E-state index is 8.87. The van der Waals surface area contributed by atoms with E-state index in [1.807, 2.05) is 55.1 Å². The topological polar surface area (TPSA) is 17.0 Å². The number of pyridine rings is 1. The van der Waals surface area contributed by atoms with Gasteiger partial charge < -0.3 is 4.42 Å². The molecule has 0 bridgehead atoms. The Hall–Kier alpha value is -3.39. The average molecular weight is 440 g/mol. The highest BCUT2D eigenvalue weighted by atomic mass is 16.3. The van der Waals surface area contributed by atoms with E-state index in [-0.39, 0.29) is 16.7 Å². The van der Waals surface area contributed by atoms with Gasteiger partial charge in [0.15, 0.2) is 6.20 Å². The fourth-order valence-corrected chi connectivity index (χ4v) is 5.01. The Kier molecular flexibility index (Phi) is 2.99. The van der Waals surface area contributed by atoms with Crippen molar-refractivity contribution in [3.05, 3.63) is 89.1 Å². The number of aryl methyl sites for hydroxylation is 3. The van der Waals surface area contributed by atoms with Crippen LogP contribution in [0.4, 0.5) is 0 Å². The molecule has 33 heavy (non-hydrogen) atoms. The van der Waals surface area contributed by atoms with E-state index in [0.717, 1.165) is 27.6 Å². The molecule has 0 aliphatic heterocycles. The number of fused-ring (bicyclic) bond motifs is 4. The Morgan fingerprint density at radius 3 is 2.36 bits per heavy atom. The fourth-order valence-electron chi connectivity index (χ4n) is 5.01. The van der Waals surface area contributed by atoms with Crippen molar-refractivity contribution < 1.29 is 18.6 Å². The molecule has 164 valence electrons. The summed E-state index contributed by atoms with van der Waals surface area (Å²) in [5.41, 5.74) is 4.10. The summed E-state index contributed by atoms with van der Waals surface area (Å²) in [7, 11) is 1.97.